The first kappa shape index (κ1) is 20.4. The van der Waals surface area contributed by atoms with Gasteiger partial charge in [-0.25, -0.2) is 13.1 Å². The van der Waals surface area contributed by atoms with Gasteiger partial charge in [0.2, 0.25) is 10.0 Å². The average Bonchev–Trinajstić information content (AvgIpc) is 2.96. The van der Waals surface area contributed by atoms with Crippen LogP contribution in [-0.2, 0) is 14.8 Å². The summed E-state index contributed by atoms with van der Waals surface area (Å²) in [5.74, 6) is 0. The topological polar surface area (TPSA) is 119 Å². The molecule has 0 aromatic carbocycles. The van der Waals surface area contributed by atoms with E-state index in [1.807, 2.05) is 0 Å². The Bertz CT molecular complexity index is 549. The second-order valence-corrected chi connectivity index (χ2v) is 9.49. The number of piperazine rings is 1. The van der Waals surface area contributed by atoms with Crippen molar-refractivity contribution in [1.82, 2.24) is 14.5 Å². The number of aliphatic hydroxyl groups is 2. The molecule has 5 unspecified atom stereocenters. The minimum atomic E-state index is -3.34. The van der Waals surface area contributed by atoms with Crippen LogP contribution in [0, 0.1) is 0 Å². The van der Waals surface area contributed by atoms with Crippen LogP contribution in [0.5, 0.6) is 0 Å². The number of quaternary nitrogens is 1. The van der Waals surface area contributed by atoms with E-state index >= 15 is 0 Å². The van der Waals surface area contributed by atoms with Crippen molar-refractivity contribution >= 4 is 10.0 Å². The number of hydrogen-bond donors (Lipinski definition) is 4. The monoisotopic (exact) mass is 393 g/mol. The van der Waals surface area contributed by atoms with E-state index in [0.717, 1.165) is 32.4 Å². The van der Waals surface area contributed by atoms with Crippen molar-refractivity contribution in [3.8, 4) is 0 Å². The summed E-state index contributed by atoms with van der Waals surface area (Å²) in [6.45, 7) is 4.50. The van der Waals surface area contributed by atoms with Gasteiger partial charge in [-0.1, -0.05) is 0 Å². The maximum Gasteiger partial charge on any atom is 0.208 e. The number of sulfonamides is 1. The molecule has 3 saturated heterocycles. The zero-order chi connectivity index (χ0) is 18.7. The number of hydrogen-bond acceptors (Lipinski definition) is 7. The van der Waals surface area contributed by atoms with Gasteiger partial charge in [0, 0.05) is 39.1 Å². The van der Waals surface area contributed by atoms with Gasteiger partial charge >= 0.3 is 0 Å². The Morgan fingerprint density at radius 2 is 1.85 bits per heavy atom. The molecule has 0 bridgehead atoms. The van der Waals surface area contributed by atoms with Gasteiger partial charge in [0.15, 0.2) is 0 Å². The third kappa shape index (κ3) is 4.93. The van der Waals surface area contributed by atoms with E-state index < -0.39 is 28.3 Å². The molecule has 3 aliphatic rings. The van der Waals surface area contributed by atoms with Gasteiger partial charge in [-0.2, -0.15) is 0 Å². The highest BCUT2D eigenvalue weighted by Gasteiger charge is 2.47. The lowest BCUT2D eigenvalue weighted by Crippen LogP contribution is -2.95. The molecule has 0 aromatic rings. The van der Waals surface area contributed by atoms with Crippen LogP contribution in [0.4, 0.5) is 0 Å². The van der Waals surface area contributed by atoms with Gasteiger partial charge in [-0.3, -0.25) is 9.80 Å². The summed E-state index contributed by atoms with van der Waals surface area (Å²) in [6, 6.07) is -0.307. The van der Waals surface area contributed by atoms with Gasteiger partial charge < -0.3 is 20.3 Å². The van der Waals surface area contributed by atoms with Crippen molar-refractivity contribution in [2.45, 2.75) is 49.8 Å². The number of nitrogens with one attached hydrogen (secondary N) is 1. The highest BCUT2D eigenvalue weighted by atomic mass is 32.2. The molecule has 0 amide bonds. The fraction of sp³-hybridized carbons (Fsp3) is 1.00. The third-order valence-electron chi connectivity index (χ3n) is 5.82. The molecule has 3 heterocycles. The molecule has 3 aliphatic heterocycles. The van der Waals surface area contributed by atoms with E-state index in [1.54, 1.807) is 0 Å². The predicted molar refractivity (Wildman–Crippen MR) is 96.0 cm³/mol. The Morgan fingerprint density at radius 1 is 1.15 bits per heavy atom. The number of ether oxygens (including phenoxy) is 1. The summed E-state index contributed by atoms with van der Waals surface area (Å²) in [5, 5.41) is 22.5. The number of aliphatic hydroxyl groups excluding tert-OH is 2. The van der Waals surface area contributed by atoms with E-state index in [1.165, 1.54) is 25.8 Å². The standard InChI is InChI=1S/C16H32N4O5S/c1-26(23,24)18-10-12-15(16(22)13(11-21)25-12)20-8-6-19(7-9-20)14-4-2-3-5-17-14/h12-18,21-22H,2-11H2,1H3/p+1. The molecular formula is C16H33N4O5S+. The fourth-order valence-electron chi connectivity index (χ4n) is 4.45. The van der Waals surface area contributed by atoms with Gasteiger partial charge in [-0.15, -0.1) is 0 Å². The Kier molecular flexibility index (Phi) is 6.89. The molecule has 5 atom stereocenters. The van der Waals surface area contributed by atoms with Gasteiger partial charge in [0.25, 0.3) is 0 Å². The third-order valence-corrected chi connectivity index (χ3v) is 6.51. The number of piperidine rings is 1. The second kappa shape index (κ2) is 8.78. The first-order chi connectivity index (χ1) is 12.4. The summed E-state index contributed by atoms with van der Waals surface area (Å²) in [6.07, 6.45) is 3.51. The van der Waals surface area contributed by atoms with E-state index in [-0.39, 0.29) is 19.2 Å². The molecule has 0 aromatic heterocycles. The van der Waals surface area contributed by atoms with Gasteiger partial charge in [0.05, 0.1) is 31.6 Å². The van der Waals surface area contributed by atoms with E-state index in [4.69, 9.17) is 4.74 Å². The predicted octanol–water partition coefficient (Wildman–Crippen LogP) is -3.28. The summed E-state index contributed by atoms with van der Waals surface area (Å²) in [5.41, 5.74) is 0. The van der Waals surface area contributed by atoms with Crippen molar-refractivity contribution in [3.05, 3.63) is 0 Å². The minimum Gasteiger partial charge on any atom is -0.394 e. The van der Waals surface area contributed by atoms with Crippen molar-refractivity contribution in [2.24, 2.45) is 0 Å². The molecule has 152 valence electrons. The molecule has 0 aliphatic carbocycles. The smallest absolute Gasteiger partial charge is 0.208 e. The molecule has 0 radical (unpaired) electrons. The Hall–Kier alpha value is -0.330. The van der Waals surface area contributed by atoms with E-state index in [2.05, 4.69) is 19.8 Å². The Morgan fingerprint density at radius 3 is 2.42 bits per heavy atom. The maximum atomic E-state index is 11.4. The quantitative estimate of drug-likeness (QED) is 0.374. The van der Waals surface area contributed by atoms with Crippen molar-refractivity contribution in [3.63, 3.8) is 0 Å². The normalized spacial score (nSPS) is 37.9. The van der Waals surface area contributed by atoms with Crippen LogP contribution in [0.2, 0.25) is 0 Å². The van der Waals surface area contributed by atoms with Gasteiger partial charge in [0.1, 0.15) is 18.4 Å². The van der Waals surface area contributed by atoms with E-state index in [9.17, 15) is 18.6 Å². The first-order valence-corrected chi connectivity index (χ1v) is 11.5. The molecule has 3 fully saturated rings. The second-order valence-electron chi connectivity index (χ2n) is 7.66. The molecule has 5 N–H and O–H groups in total. The average molecular weight is 394 g/mol. The largest absolute Gasteiger partial charge is 0.394 e. The number of rotatable bonds is 6. The first-order valence-electron chi connectivity index (χ1n) is 9.59. The van der Waals surface area contributed by atoms with Crippen LogP contribution < -0.4 is 10.0 Å². The molecular weight excluding hydrogens is 360 g/mol. The minimum absolute atomic E-state index is 0.105. The summed E-state index contributed by atoms with van der Waals surface area (Å²) in [7, 11) is -3.34. The molecule has 0 spiro atoms. The summed E-state index contributed by atoms with van der Waals surface area (Å²) in [4.78, 5) is 4.69. The molecule has 10 heteroatoms. The van der Waals surface area contributed by atoms with Crippen molar-refractivity contribution < 1.29 is 28.7 Å². The highest BCUT2D eigenvalue weighted by Crippen LogP contribution is 2.27. The lowest BCUT2D eigenvalue weighted by atomic mass is 10.0. The molecule has 26 heavy (non-hydrogen) atoms. The highest BCUT2D eigenvalue weighted by molar-refractivity contribution is 7.88. The van der Waals surface area contributed by atoms with Crippen molar-refractivity contribution in [2.75, 3.05) is 52.1 Å². The molecule has 0 saturated carbocycles. The Balaban J connectivity index is 1.59. The van der Waals surface area contributed by atoms with Crippen LogP contribution >= 0.6 is 0 Å². The lowest BCUT2D eigenvalue weighted by Gasteiger charge is -2.42. The van der Waals surface area contributed by atoms with Crippen molar-refractivity contribution in [1.29, 1.82) is 0 Å². The zero-order valence-corrected chi connectivity index (χ0v) is 16.3. The lowest BCUT2D eigenvalue weighted by molar-refractivity contribution is -0.717. The van der Waals surface area contributed by atoms with E-state index in [0.29, 0.717) is 6.17 Å². The fourth-order valence-corrected chi connectivity index (χ4v) is 4.92. The number of nitrogens with zero attached hydrogens (tertiary/aromatic N) is 2. The maximum absolute atomic E-state index is 11.4. The zero-order valence-electron chi connectivity index (χ0n) is 15.5. The van der Waals surface area contributed by atoms with Crippen LogP contribution in [0.15, 0.2) is 0 Å². The summed E-state index contributed by atoms with van der Waals surface area (Å²) < 4.78 is 31.0. The molecule has 3 rings (SSSR count). The van der Waals surface area contributed by atoms with Crippen LogP contribution in [0.1, 0.15) is 19.3 Å². The van der Waals surface area contributed by atoms with Crippen LogP contribution in [-0.4, -0.2) is 111 Å². The van der Waals surface area contributed by atoms with Gasteiger partial charge in [-0.05, 0) is 12.8 Å². The summed E-state index contributed by atoms with van der Waals surface area (Å²) >= 11 is 0. The Labute approximate surface area is 155 Å². The van der Waals surface area contributed by atoms with Crippen LogP contribution in [0.25, 0.3) is 0 Å². The van der Waals surface area contributed by atoms with Crippen LogP contribution in [0.3, 0.4) is 0 Å². The SMILES string of the molecule is CS(=O)(=O)NCC1OC(CO)C(O)C1N1CCN(C2CCCC[NH2+]2)CC1. The molecule has 9 nitrogen and oxygen atoms in total. The number of nitrogens with two attached hydrogens (primary N) is 1.